The molecular weight excluding hydrogens is 692 g/mol. The van der Waals surface area contributed by atoms with Crippen LogP contribution in [0.25, 0.3) is 0 Å². The summed E-state index contributed by atoms with van der Waals surface area (Å²) in [5.74, 6) is -0.726. The first-order chi connectivity index (χ1) is 26.3. The van der Waals surface area contributed by atoms with E-state index in [0.29, 0.717) is 32.8 Å². The summed E-state index contributed by atoms with van der Waals surface area (Å²) in [5.41, 5.74) is 0. The number of ether oxygens (including phenoxy) is 6. The summed E-state index contributed by atoms with van der Waals surface area (Å²) in [4.78, 5) is 48.8. The van der Waals surface area contributed by atoms with E-state index in [2.05, 4.69) is 24.5 Å². The van der Waals surface area contributed by atoms with Crippen LogP contribution in [0.15, 0.2) is 0 Å². The van der Waals surface area contributed by atoms with E-state index in [4.69, 9.17) is 28.4 Å². The molecule has 0 spiro atoms. The number of unbranched alkanes of at least 4 members (excludes halogenated alkanes) is 20. The first kappa shape index (κ1) is 51.4. The van der Waals surface area contributed by atoms with Crippen LogP contribution in [0.5, 0.6) is 0 Å². The zero-order valence-corrected chi connectivity index (χ0v) is 34.9. The predicted molar refractivity (Wildman–Crippen MR) is 214 cm³/mol. The first-order valence-electron chi connectivity index (χ1n) is 21.6. The Bertz CT molecular complexity index is 889. The van der Waals surface area contributed by atoms with Crippen LogP contribution >= 0.6 is 0 Å². The van der Waals surface area contributed by atoms with Crippen LogP contribution in [0.2, 0.25) is 0 Å². The van der Waals surface area contributed by atoms with Gasteiger partial charge in [-0.25, -0.2) is 9.59 Å². The molecule has 0 fully saturated rings. The Hall–Kier alpha value is -2.60. The van der Waals surface area contributed by atoms with Gasteiger partial charge in [0.25, 0.3) is 0 Å². The molecule has 0 saturated heterocycles. The average molecular weight is 773 g/mol. The van der Waals surface area contributed by atoms with Gasteiger partial charge in [0, 0.05) is 25.9 Å². The second-order valence-electron chi connectivity index (χ2n) is 14.5. The van der Waals surface area contributed by atoms with Crippen LogP contribution in [0, 0.1) is 0 Å². The van der Waals surface area contributed by atoms with Crippen LogP contribution in [0.1, 0.15) is 182 Å². The van der Waals surface area contributed by atoms with Gasteiger partial charge in [-0.2, -0.15) is 0 Å². The summed E-state index contributed by atoms with van der Waals surface area (Å²) in [7, 11) is 0. The molecule has 318 valence electrons. The molecule has 54 heavy (non-hydrogen) atoms. The Morgan fingerprint density at radius 1 is 0.444 bits per heavy atom. The monoisotopic (exact) mass is 773 g/mol. The lowest BCUT2D eigenvalue weighted by atomic mass is 10.1. The fourth-order valence-electron chi connectivity index (χ4n) is 5.73. The number of nitrogens with one attached hydrogen (secondary N) is 2. The number of carbonyl (C=O) groups is 4. The number of alkyl carbamates (subject to hydrolysis) is 2. The second kappa shape index (κ2) is 40.1. The molecule has 12 nitrogen and oxygen atoms in total. The van der Waals surface area contributed by atoms with Gasteiger partial charge in [-0.3, -0.25) is 9.59 Å². The van der Waals surface area contributed by atoms with Gasteiger partial charge in [-0.1, -0.05) is 142 Å². The second-order valence-corrected chi connectivity index (χ2v) is 14.5. The number of hydrogen-bond acceptors (Lipinski definition) is 10. The molecule has 0 aromatic rings. The molecule has 2 N–H and O–H groups in total. The van der Waals surface area contributed by atoms with E-state index in [-0.39, 0.29) is 50.8 Å². The van der Waals surface area contributed by atoms with Gasteiger partial charge in [-0.15, -0.1) is 0 Å². The lowest BCUT2D eigenvalue weighted by molar-refractivity contribution is -0.161. The number of carbonyl (C=O) groups excluding carboxylic acids is 4. The molecule has 0 aliphatic rings. The third-order valence-electron chi connectivity index (χ3n) is 8.84. The highest BCUT2D eigenvalue weighted by molar-refractivity contribution is 5.70. The minimum absolute atomic E-state index is 0.161. The minimum Gasteiger partial charge on any atom is -0.462 e. The van der Waals surface area contributed by atoms with Crippen LogP contribution in [0.3, 0.4) is 0 Å². The van der Waals surface area contributed by atoms with Crippen LogP contribution in [0.4, 0.5) is 9.59 Å². The van der Waals surface area contributed by atoms with Gasteiger partial charge in [0.2, 0.25) is 0 Å². The van der Waals surface area contributed by atoms with Gasteiger partial charge in [-0.05, 0) is 26.7 Å². The van der Waals surface area contributed by atoms with E-state index in [1.807, 2.05) is 0 Å². The fourth-order valence-corrected chi connectivity index (χ4v) is 5.73. The van der Waals surface area contributed by atoms with Crippen LogP contribution < -0.4 is 10.6 Å². The lowest BCUT2D eigenvalue weighted by Gasteiger charge is -2.18. The topological polar surface area (TPSA) is 148 Å². The van der Waals surface area contributed by atoms with Gasteiger partial charge in [0.1, 0.15) is 13.2 Å². The molecule has 0 aromatic heterocycles. The van der Waals surface area contributed by atoms with Crippen molar-refractivity contribution in [2.75, 3.05) is 52.7 Å². The first-order valence-corrected chi connectivity index (χ1v) is 21.6. The average Bonchev–Trinajstić information content (AvgIpc) is 3.14. The van der Waals surface area contributed by atoms with Crippen molar-refractivity contribution < 1.29 is 47.6 Å². The third-order valence-corrected chi connectivity index (χ3v) is 8.84. The maximum Gasteiger partial charge on any atom is 0.407 e. The van der Waals surface area contributed by atoms with E-state index in [1.54, 1.807) is 13.8 Å². The summed E-state index contributed by atoms with van der Waals surface area (Å²) >= 11 is 0. The van der Waals surface area contributed by atoms with Crippen LogP contribution in [-0.2, 0) is 38.0 Å². The SMILES string of the molecule is CCCCCCCCCCCCCC(=O)OCC(COC(=O)NCCOCCOCCNC(=O)OC(C)C)OC(=O)CCCCCCCCCCCCC. The van der Waals surface area contributed by atoms with Crippen molar-refractivity contribution >= 4 is 24.1 Å². The summed E-state index contributed by atoms with van der Waals surface area (Å²) in [5, 5.41) is 5.19. The molecule has 1 atom stereocenters. The maximum absolute atomic E-state index is 12.6. The normalized spacial score (nSPS) is 11.6. The van der Waals surface area contributed by atoms with Gasteiger partial charge < -0.3 is 39.1 Å². The molecule has 0 aliphatic heterocycles. The minimum atomic E-state index is -0.882. The zero-order valence-electron chi connectivity index (χ0n) is 34.9. The standard InChI is InChI=1S/C42H80N2O10/c1-5-7-9-11-13-15-17-19-21-23-25-27-39(45)51-35-38(54-40(46)28-26-24-22-20-18-16-14-12-10-8-6-2)36-52-41(47)43-29-31-49-33-34-50-32-30-44-42(48)53-37(3)4/h37-38H,5-36H2,1-4H3,(H,43,47)(H,44,48). The quantitative estimate of drug-likeness (QED) is 0.0352. The van der Waals surface area contributed by atoms with E-state index in [9.17, 15) is 19.2 Å². The molecule has 0 aromatic carbocycles. The Labute approximate surface area is 328 Å². The Kier molecular flexibility index (Phi) is 38.1. The molecular formula is C42H80N2O10. The number of hydrogen-bond donors (Lipinski definition) is 2. The Morgan fingerprint density at radius 3 is 1.28 bits per heavy atom. The van der Waals surface area contributed by atoms with Gasteiger partial charge in [0.15, 0.2) is 6.10 Å². The fraction of sp³-hybridized carbons (Fsp3) is 0.905. The highest BCUT2D eigenvalue weighted by Gasteiger charge is 2.19. The van der Waals surface area contributed by atoms with E-state index in [1.165, 1.54) is 103 Å². The van der Waals surface area contributed by atoms with Crippen molar-refractivity contribution in [3.8, 4) is 0 Å². The summed E-state index contributed by atoms with van der Waals surface area (Å²) in [6.07, 6.45) is 24.6. The molecule has 0 rings (SSSR count). The Morgan fingerprint density at radius 2 is 0.833 bits per heavy atom. The third kappa shape index (κ3) is 39.1. The lowest BCUT2D eigenvalue weighted by Crippen LogP contribution is -2.34. The van der Waals surface area contributed by atoms with Crippen molar-refractivity contribution in [1.82, 2.24) is 10.6 Å². The summed E-state index contributed by atoms with van der Waals surface area (Å²) in [6, 6.07) is 0. The molecule has 12 heteroatoms. The summed E-state index contributed by atoms with van der Waals surface area (Å²) in [6.45, 7) is 9.37. The van der Waals surface area contributed by atoms with Crippen molar-refractivity contribution in [2.45, 2.75) is 194 Å². The molecule has 1 unspecified atom stereocenters. The highest BCUT2D eigenvalue weighted by atomic mass is 16.6. The smallest absolute Gasteiger partial charge is 0.407 e. The number of esters is 2. The maximum atomic E-state index is 12.6. The van der Waals surface area contributed by atoms with Crippen molar-refractivity contribution in [2.24, 2.45) is 0 Å². The van der Waals surface area contributed by atoms with Crippen LogP contribution in [-0.4, -0.2) is 89.1 Å². The molecule has 0 aliphatic carbocycles. The van der Waals surface area contributed by atoms with Crippen molar-refractivity contribution in [3.63, 3.8) is 0 Å². The van der Waals surface area contributed by atoms with Crippen molar-refractivity contribution in [3.05, 3.63) is 0 Å². The molecule has 0 heterocycles. The van der Waals surface area contributed by atoms with Crippen molar-refractivity contribution in [1.29, 1.82) is 0 Å². The Balaban J connectivity index is 4.35. The molecule has 0 radical (unpaired) electrons. The highest BCUT2D eigenvalue weighted by Crippen LogP contribution is 2.14. The zero-order chi connectivity index (χ0) is 39.7. The number of rotatable bonds is 39. The largest absolute Gasteiger partial charge is 0.462 e. The summed E-state index contributed by atoms with van der Waals surface area (Å²) < 4.78 is 32.1. The van der Waals surface area contributed by atoms with E-state index in [0.717, 1.165) is 38.5 Å². The molecule has 0 bridgehead atoms. The molecule has 0 saturated carbocycles. The molecule has 2 amide bonds. The van der Waals surface area contributed by atoms with Gasteiger partial charge in [0.05, 0.1) is 32.5 Å². The van der Waals surface area contributed by atoms with E-state index < -0.39 is 18.3 Å². The van der Waals surface area contributed by atoms with Gasteiger partial charge >= 0.3 is 24.1 Å². The number of amides is 2. The van der Waals surface area contributed by atoms with E-state index >= 15 is 0 Å². The predicted octanol–water partition coefficient (Wildman–Crippen LogP) is 9.74.